The molecule has 0 spiro atoms. The zero-order valence-electron chi connectivity index (χ0n) is 13.0. The van der Waals surface area contributed by atoms with Gasteiger partial charge in [-0.05, 0) is 18.6 Å². The first kappa shape index (κ1) is 16.1. The van der Waals surface area contributed by atoms with Gasteiger partial charge in [0.2, 0.25) is 0 Å². The second-order valence-corrected chi connectivity index (χ2v) is 4.97. The van der Waals surface area contributed by atoms with Gasteiger partial charge in [-0.1, -0.05) is 30.3 Å². The predicted octanol–water partition coefficient (Wildman–Crippen LogP) is 3.20. The average molecular weight is 302 g/mol. The normalized spacial score (nSPS) is 11.9. The number of hydrogen-bond donors (Lipinski definition) is 1. The summed E-state index contributed by atoms with van der Waals surface area (Å²) in [4.78, 5) is 14.0. The Balaban J connectivity index is 1.89. The molecule has 1 atom stereocenters. The van der Waals surface area contributed by atoms with E-state index in [-0.39, 0.29) is 12.1 Å². The highest BCUT2D eigenvalue weighted by atomic mass is 16.5. The molecular weight excluding hydrogens is 280 g/mol. The fraction of sp³-hybridized carbons (Fsp3) is 0.353. The molecule has 118 valence electrons. The first-order valence-electron chi connectivity index (χ1n) is 7.36. The van der Waals surface area contributed by atoms with Gasteiger partial charge in [-0.2, -0.15) is 0 Å². The van der Waals surface area contributed by atoms with E-state index in [1.807, 2.05) is 43.3 Å². The minimum atomic E-state index is -0.155. The molecule has 0 radical (unpaired) electrons. The smallest absolute Gasteiger partial charge is 0.317 e. The number of urea groups is 1. The molecular formula is C17H22N2O3. The van der Waals surface area contributed by atoms with E-state index in [0.717, 1.165) is 11.1 Å². The molecule has 1 aromatic heterocycles. The third-order valence-corrected chi connectivity index (χ3v) is 3.52. The predicted molar refractivity (Wildman–Crippen MR) is 84.4 cm³/mol. The lowest BCUT2D eigenvalue weighted by Gasteiger charge is -2.23. The van der Waals surface area contributed by atoms with Crippen LogP contribution in [0.2, 0.25) is 0 Å². The van der Waals surface area contributed by atoms with Crippen LogP contribution in [0.25, 0.3) is 0 Å². The monoisotopic (exact) mass is 302 g/mol. The molecule has 5 heteroatoms. The topological polar surface area (TPSA) is 54.7 Å². The molecule has 1 N–H and O–H groups in total. The van der Waals surface area contributed by atoms with Crippen LogP contribution < -0.4 is 5.32 Å². The minimum Gasteiger partial charge on any atom is -0.472 e. The second-order valence-electron chi connectivity index (χ2n) is 4.97. The summed E-state index contributed by atoms with van der Waals surface area (Å²) in [6.07, 6.45) is 3.10. The molecule has 0 aliphatic carbocycles. The molecule has 1 aromatic carbocycles. The fourth-order valence-electron chi connectivity index (χ4n) is 2.23. The van der Waals surface area contributed by atoms with Crippen LogP contribution in [0.15, 0.2) is 53.3 Å². The summed E-state index contributed by atoms with van der Waals surface area (Å²) in [5.41, 5.74) is 2.02. The molecule has 0 saturated heterocycles. The minimum absolute atomic E-state index is 0.110. The van der Waals surface area contributed by atoms with Crippen molar-refractivity contribution in [1.82, 2.24) is 10.2 Å². The van der Waals surface area contributed by atoms with E-state index in [2.05, 4.69) is 5.32 Å². The Bertz CT molecular complexity index is 555. The van der Waals surface area contributed by atoms with Gasteiger partial charge in [0.15, 0.2) is 0 Å². The van der Waals surface area contributed by atoms with Crippen molar-refractivity contribution >= 4 is 6.03 Å². The van der Waals surface area contributed by atoms with Crippen LogP contribution >= 0.6 is 0 Å². The van der Waals surface area contributed by atoms with Gasteiger partial charge in [0.05, 0.1) is 25.2 Å². The standard InChI is InChI=1S/C17H22N2O3/c1-3-19(12-14-9-10-22-13-14)17(20)18-11-16(21-2)15-7-5-4-6-8-15/h4-10,13,16H,3,11-12H2,1-2H3,(H,18,20)/t16-/m1/s1. The van der Waals surface area contributed by atoms with Crippen LogP contribution in [0.1, 0.15) is 24.2 Å². The molecule has 0 bridgehead atoms. The molecule has 0 saturated carbocycles. The maximum atomic E-state index is 12.3. The lowest BCUT2D eigenvalue weighted by Crippen LogP contribution is -2.41. The first-order valence-corrected chi connectivity index (χ1v) is 7.36. The molecule has 0 unspecified atom stereocenters. The molecule has 0 aliphatic rings. The first-order chi connectivity index (χ1) is 10.7. The Morgan fingerprint density at radius 1 is 1.32 bits per heavy atom. The van der Waals surface area contributed by atoms with Crippen molar-refractivity contribution < 1.29 is 13.9 Å². The van der Waals surface area contributed by atoms with Crippen LogP contribution in [0.3, 0.4) is 0 Å². The molecule has 2 amide bonds. The van der Waals surface area contributed by atoms with E-state index in [1.54, 1.807) is 24.5 Å². The van der Waals surface area contributed by atoms with Crippen LogP contribution in [-0.2, 0) is 11.3 Å². The number of furan rings is 1. The number of methoxy groups -OCH3 is 1. The Morgan fingerprint density at radius 2 is 2.09 bits per heavy atom. The van der Waals surface area contributed by atoms with Crippen molar-refractivity contribution in [2.75, 3.05) is 20.2 Å². The van der Waals surface area contributed by atoms with Gasteiger partial charge in [0.1, 0.15) is 0 Å². The third kappa shape index (κ3) is 4.36. The molecule has 2 aromatic rings. The van der Waals surface area contributed by atoms with Crippen LogP contribution in [-0.4, -0.2) is 31.1 Å². The highest BCUT2D eigenvalue weighted by Gasteiger charge is 2.16. The number of rotatable bonds is 7. The number of ether oxygens (including phenoxy) is 1. The maximum Gasteiger partial charge on any atom is 0.317 e. The Labute approximate surface area is 130 Å². The molecule has 5 nitrogen and oxygen atoms in total. The maximum absolute atomic E-state index is 12.3. The number of amides is 2. The largest absolute Gasteiger partial charge is 0.472 e. The van der Waals surface area contributed by atoms with E-state index in [0.29, 0.717) is 19.6 Å². The molecule has 1 heterocycles. The zero-order chi connectivity index (χ0) is 15.8. The van der Waals surface area contributed by atoms with Gasteiger partial charge in [0.25, 0.3) is 0 Å². The fourth-order valence-corrected chi connectivity index (χ4v) is 2.23. The summed E-state index contributed by atoms with van der Waals surface area (Å²) in [6.45, 7) is 3.54. The number of nitrogens with one attached hydrogen (secondary N) is 1. The zero-order valence-corrected chi connectivity index (χ0v) is 13.0. The van der Waals surface area contributed by atoms with Gasteiger partial charge in [-0.3, -0.25) is 0 Å². The van der Waals surface area contributed by atoms with E-state index >= 15 is 0 Å². The van der Waals surface area contributed by atoms with Crippen molar-refractivity contribution in [3.8, 4) is 0 Å². The Hall–Kier alpha value is -2.27. The van der Waals surface area contributed by atoms with Gasteiger partial charge in [-0.25, -0.2) is 4.79 Å². The Kier molecular flexibility index (Phi) is 6.03. The number of benzene rings is 1. The SMILES string of the molecule is CCN(Cc1ccoc1)C(=O)NC[C@@H](OC)c1ccccc1. The highest BCUT2D eigenvalue weighted by Crippen LogP contribution is 2.15. The van der Waals surface area contributed by atoms with Crippen LogP contribution in [0.5, 0.6) is 0 Å². The van der Waals surface area contributed by atoms with Crippen molar-refractivity contribution in [3.63, 3.8) is 0 Å². The number of hydrogen-bond acceptors (Lipinski definition) is 3. The van der Waals surface area contributed by atoms with Gasteiger partial charge >= 0.3 is 6.03 Å². The molecule has 0 aliphatic heterocycles. The average Bonchev–Trinajstić information content (AvgIpc) is 3.07. The quantitative estimate of drug-likeness (QED) is 0.854. The summed E-state index contributed by atoms with van der Waals surface area (Å²) < 4.78 is 10.5. The number of carbonyl (C=O) groups excluding carboxylic acids is 1. The lowest BCUT2D eigenvalue weighted by atomic mass is 10.1. The molecule has 0 fully saturated rings. The molecule has 2 rings (SSSR count). The van der Waals surface area contributed by atoms with Crippen LogP contribution in [0.4, 0.5) is 4.79 Å². The van der Waals surface area contributed by atoms with Crippen molar-refractivity contribution in [3.05, 3.63) is 60.1 Å². The third-order valence-electron chi connectivity index (χ3n) is 3.52. The van der Waals surface area contributed by atoms with Gasteiger partial charge in [-0.15, -0.1) is 0 Å². The lowest BCUT2D eigenvalue weighted by molar-refractivity contribution is 0.101. The van der Waals surface area contributed by atoms with E-state index < -0.39 is 0 Å². The molecule has 22 heavy (non-hydrogen) atoms. The Morgan fingerprint density at radius 3 is 2.68 bits per heavy atom. The second kappa shape index (κ2) is 8.24. The summed E-state index contributed by atoms with van der Waals surface area (Å²) in [5.74, 6) is 0. The van der Waals surface area contributed by atoms with E-state index in [4.69, 9.17) is 9.15 Å². The van der Waals surface area contributed by atoms with Crippen molar-refractivity contribution in [2.24, 2.45) is 0 Å². The van der Waals surface area contributed by atoms with Crippen molar-refractivity contribution in [1.29, 1.82) is 0 Å². The summed E-state index contributed by atoms with van der Waals surface area (Å²) in [6, 6.07) is 11.6. The summed E-state index contributed by atoms with van der Waals surface area (Å²) in [7, 11) is 1.65. The summed E-state index contributed by atoms with van der Waals surface area (Å²) >= 11 is 0. The van der Waals surface area contributed by atoms with Crippen molar-refractivity contribution in [2.45, 2.75) is 19.6 Å². The number of carbonyl (C=O) groups is 1. The van der Waals surface area contributed by atoms with Gasteiger partial charge in [0, 0.05) is 25.8 Å². The van der Waals surface area contributed by atoms with Crippen LogP contribution in [0, 0.1) is 0 Å². The number of nitrogens with zero attached hydrogens (tertiary/aromatic N) is 1. The summed E-state index contributed by atoms with van der Waals surface area (Å²) in [5, 5.41) is 2.93. The highest BCUT2D eigenvalue weighted by molar-refractivity contribution is 5.74. The van der Waals surface area contributed by atoms with E-state index in [1.165, 1.54) is 0 Å². The van der Waals surface area contributed by atoms with E-state index in [9.17, 15) is 4.79 Å². The van der Waals surface area contributed by atoms with Gasteiger partial charge < -0.3 is 19.4 Å².